The zero-order valence-electron chi connectivity index (χ0n) is 18.0. The van der Waals surface area contributed by atoms with Gasteiger partial charge in [-0.15, -0.1) is 0 Å². The van der Waals surface area contributed by atoms with Gasteiger partial charge in [0, 0.05) is 39.6 Å². The minimum atomic E-state index is -4.68. The van der Waals surface area contributed by atoms with Gasteiger partial charge >= 0.3 is 6.18 Å². The minimum Gasteiger partial charge on any atom is -0.355 e. The molecule has 172 valence electrons. The molecule has 11 heteroatoms. The number of rotatable bonds is 6. The SMILES string of the molecule is CNC(=O)c1ccccc1Nc1cc(Nc2ccc(C(=O)N(C)C)cn2)ncc1C(F)(F)F. The minimum absolute atomic E-state index is 0.0853. The highest BCUT2D eigenvalue weighted by Crippen LogP contribution is 2.37. The number of carbonyl (C=O) groups is 2. The zero-order chi connectivity index (χ0) is 24.2. The Labute approximate surface area is 187 Å². The quantitative estimate of drug-likeness (QED) is 0.516. The van der Waals surface area contributed by atoms with Crippen molar-refractivity contribution in [3.63, 3.8) is 0 Å². The van der Waals surface area contributed by atoms with Crippen molar-refractivity contribution in [3.8, 4) is 0 Å². The summed E-state index contributed by atoms with van der Waals surface area (Å²) in [5, 5.41) is 7.97. The van der Waals surface area contributed by atoms with E-state index in [1.807, 2.05) is 0 Å². The van der Waals surface area contributed by atoms with Crippen molar-refractivity contribution in [1.82, 2.24) is 20.2 Å². The van der Waals surface area contributed by atoms with Crippen LogP contribution in [-0.2, 0) is 6.18 Å². The van der Waals surface area contributed by atoms with Crippen LogP contribution in [0.3, 0.4) is 0 Å². The molecule has 0 bridgehead atoms. The smallest absolute Gasteiger partial charge is 0.355 e. The average molecular weight is 458 g/mol. The first-order valence-electron chi connectivity index (χ1n) is 9.70. The predicted octanol–water partition coefficient (Wildman–Crippen LogP) is 4.04. The summed E-state index contributed by atoms with van der Waals surface area (Å²) >= 11 is 0. The molecule has 0 radical (unpaired) electrons. The number of carbonyl (C=O) groups excluding carboxylic acids is 2. The lowest BCUT2D eigenvalue weighted by atomic mass is 10.1. The molecule has 0 aliphatic rings. The Morgan fingerprint density at radius 3 is 2.21 bits per heavy atom. The molecule has 2 aromatic heterocycles. The number of aromatic nitrogens is 2. The van der Waals surface area contributed by atoms with Gasteiger partial charge in [0.1, 0.15) is 11.6 Å². The van der Waals surface area contributed by atoms with Gasteiger partial charge in [-0.3, -0.25) is 9.59 Å². The van der Waals surface area contributed by atoms with E-state index >= 15 is 0 Å². The number of nitrogens with one attached hydrogen (secondary N) is 3. The number of benzene rings is 1. The first-order valence-corrected chi connectivity index (χ1v) is 9.70. The van der Waals surface area contributed by atoms with E-state index in [0.29, 0.717) is 11.8 Å². The van der Waals surface area contributed by atoms with Crippen LogP contribution in [0.15, 0.2) is 54.9 Å². The van der Waals surface area contributed by atoms with Crippen molar-refractivity contribution in [2.75, 3.05) is 31.8 Å². The Morgan fingerprint density at radius 1 is 0.909 bits per heavy atom. The van der Waals surface area contributed by atoms with Crippen molar-refractivity contribution >= 4 is 34.8 Å². The number of nitrogens with zero attached hydrogens (tertiary/aromatic N) is 3. The Bertz CT molecular complexity index is 1160. The normalized spacial score (nSPS) is 11.0. The largest absolute Gasteiger partial charge is 0.419 e. The average Bonchev–Trinajstić information content (AvgIpc) is 2.78. The fraction of sp³-hybridized carbons (Fsp3) is 0.182. The maximum atomic E-state index is 13.6. The van der Waals surface area contributed by atoms with Gasteiger partial charge in [0.05, 0.1) is 28.1 Å². The lowest BCUT2D eigenvalue weighted by Crippen LogP contribution is -2.21. The molecule has 0 atom stereocenters. The van der Waals surface area contributed by atoms with Crippen molar-refractivity contribution in [2.45, 2.75) is 6.18 Å². The molecule has 2 amide bonds. The molecule has 3 rings (SSSR count). The number of hydrogen-bond donors (Lipinski definition) is 3. The standard InChI is InChI=1S/C22H21F3N6O2/c1-26-20(32)14-6-4-5-7-16(14)29-17-10-19(28-12-15(17)22(23,24)25)30-18-9-8-13(11-27-18)21(33)31(2)3/h4-12H,1-3H3,(H,26,32)(H2,27,28,29,30). The summed E-state index contributed by atoms with van der Waals surface area (Å²) in [7, 11) is 4.65. The van der Waals surface area contributed by atoms with Crippen LogP contribution in [0.2, 0.25) is 0 Å². The first kappa shape index (κ1) is 23.5. The summed E-state index contributed by atoms with van der Waals surface area (Å²) in [6.07, 6.45) is -2.63. The molecule has 3 N–H and O–H groups in total. The number of pyridine rings is 2. The summed E-state index contributed by atoms with van der Waals surface area (Å²) in [5.74, 6) is -0.310. The highest BCUT2D eigenvalue weighted by atomic mass is 19.4. The van der Waals surface area contributed by atoms with Crippen LogP contribution in [0, 0.1) is 0 Å². The fourth-order valence-electron chi connectivity index (χ4n) is 2.91. The van der Waals surface area contributed by atoms with Crippen LogP contribution in [0.5, 0.6) is 0 Å². The summed E-state index contributed by atoms with van der Waals surface area (Å²) in [5.41, 5.74) is -0.555. The lowest BCUT2D eigenvalue weighted by molar-refractivity contribution is -0.137. The molecule has 3 aromatic rings. The van der Waals surface area contributed by atoms with E-state index in [1.54, 1.807) is 32.3 Å². The van der Waals surface area contributed by atoms with Crippen molar-refractivity contribution in [2.24, 2.45) is 0 Å². The van der Waals surface area contributed by atoms with Gasteiger partial charge < -0.3 is 20.9 Å². The van der Waals surface area contributed by atoms with Crippen LogP contribution in [0.4, 0.5) is 36.2 Å². The third-order valence-electron chi connectivity index (χ3n) is 4.55. The van der Waals surface area contributed by atoms with Crippen LogP contribution in [-0.4, -0.2) is 47.8 Å². The van der Waals surface area contributed by atoms with Crippen LogP contribution in [0.1, 0.15) is 26.3 Å². The van der Waals surface area contributed by atoms with E-state index in [4.69, 9.17) is 0 Å². The number of anilines is 4. The van der Waals surface area contributed by atoms with E-state index in [1.165, 1.54) is 42.4 Å². The van der Waals surface area contributed by atoms with Crippen LogP contribution >= 0.6 is 0 Å². The second-order valence-electron chi connectivity index (χ2n) is 7.12. The first-order chi connectivity index (χ1) is 15.6. The Balaban J connectivity index is 1.93. The van der Waals surface area contributed by atoms with E-state index in [9.17, 15) is 22.8 Å². The monoisotopic (exact) mass is 458 g/mol. The maximum absolute atomic E-state index is 13.6. The molecule has 0 aliphatic heterocycles. The molecule has 0 aliphatic carbocycles. The lowest BCUT2D eigenvalue weighted by Gasteiger charge is -2.17. The highest BCUT2D eigenvalue weighted by Gasteiger charge is 2.34. The second kappa shape index (κ2) is 9.55. The summed E-state index contributed by atoms with van der Waals surface area (Å²) in [6, 6.07) is 10.4. The third-order valence-corrected chi connectivity index (χ3v) is 4.55. The van der Waals surface area contributed by atoms with Gasteiger partial charge in [-0.05, 0) is 24.3 Å². The van der Waals surface area contributed by atoms with Gasteiger partial charge in [0.15, 0.2) is 0 Å². The number of hydrogen-bond acceptors (Lipinski definition) is 6. The Kier molecular flexibility index (Phi) is 6.80. The Hall–Kier alpha value is -4.15. The number of halogens is 3. The highest BCUT2D eigenvalue weighted by molar-refractivity contribution is 6.00. The van der Waals surface area contributed by atoms with Gasteiger partial charge in [-0.1, -0.05) is 12.1 Å². The van der Waals surface area contributed by atoms with E-state index in [0.717, 1.165) is 0 Å². The molecular weight excluding hydrogens is 437 g/mol. The third kappa shape index (κ3) is 5.56. The second-order valence-corrected chi connectivity index (χ2v) is 7.12. The molecule has 1 aromatic carbocycles. The van der Waals surface area contributed by atoms with Crippen LogP contribution < -0.4 is 16.0 Å². The molecule has 0 saturated heterocycles. The van der Waals surface area contributed by atoms with Crippen molar-refractivity contribution in [3.05, 3.63) is 71.5 Å². The van der Waals surface area contributed by atoms with Crippen molar-refractivity contribution in [1.29, 1.82) is 0 Å². The summed E-state index contributed by atoms with van der Waals surface area (Å²) in [4.78, 5) is 33.4. The van der Waals surface area contributed by atoms with E-state index in [-0.39, 0.29) is 34.5 Å². The maximum Gasteiger partial charge on any atom is 0.419 e. The molecule has 2 heterocycles. The molecular formula is C22H21F3N6O2. The summed E-state index contributed by atoms with van der Waals surface area (Å²) < 4.78 is 40.8. The van der Waals surface area contributed by atoms with Crippen molar-refractivity contribution < 1.29 is 22.8 Å². The van der Waals surface area contributed by atoms with Crippen LogP contribution in [0.25, 0.3) is 0 Å². The number of amides is 2. The molecule has 33 heavy (non-hydrogen) atoms. The van der Waals surface area contributed by atoms with Gasteiger partial charge in [-0.25, -0.2) is 9.97 Å². The number of para-hydroxylation sites is 1. The van der Waals surface area contributed by atoms with E-state index < -0.39 is 17.6 Å². The predicted molar refractivity (Wildman–Crippen MR) is 118 cm³/mol. The molecule has 0 fully saturated rings. The topological polar surface area (TPSA) is 99.2 Å². The fourth-order valence-corrected chi connectivity index (χ4v) is 2.91. The zero-order valence-corrected chi connectivity index (χ0v) is 18.0. The summed E-state index contributed by atoms with van der Waals surface area (Å²) in [6.45, 7) is 0. The van der Waals surface area contributed by atoms with Gasteiger partial charge in [-0.2, -0.15) is 13.2 Å². The van der Waals surface area contributed by atoms with Gasteiger partial charge in [0.2, 0.25) is 0 Å². The van der Waals surface area contributed by atoms with E-state index in [2.05, 4.69) is 25.9 Å². The van der Waals surface area contributed by atoms with Gasteiger partial charge in [0.25, 0.3) is 11.8 Å². The molecule has 0 unspecified atom stereocenters. The molecule has 0 saturated carbocycles. The number of alkyl halides is 3. The molecule has 0 spiro atoms. The Morgan fingerprint density at radius 2 is 1.61 bits per heavy atom. The molecule has 8 nitrogen and oxygen atoms in total.